The molecule has 0 saturated carbocycles. The number of carbonyl (C=O) groups is 2. The number of carbonyl (C=O) groups excluding carboxylic acids is 2. The van der Waals surface area contributed by atoms with E-state index in [1.807, 2.05) is 6.92 Å². The van der Waals surface area contributed by atoms with Crippen molar-refractivity contribution >= 4 is 24.2 Å². The normalized spacial score (nSPS) is 17.7. The molecule has 0 aromatic carbocycles. The Balaban J connectivity index is 0.00000324. The second kappa shape index (κ2) is 9.15. The molecule has 1 N–H and O–H groups in total. The van der Waals surface area contributed by atoms with E-state index in [0.29, 0.717) is 19.0 Å². The molecule has 1 aliphatic heterocycles. The van der Waals surface area contributed by atoms with Gasteiger partial charge in [0, 0.05) is 33.1 Å². The van der Waals surface area contributed by atoms with Crippen LogP contribution in [0.25, 0.3) is 0 Å². The first-order chi connectivity index (χ1) is 8.54. The van der Waals surface area contributed by atoms with Crippen LogP contribution in [-0.2, 0) is 9.59 Å². The minimum absolute atomic E-state index is 0. The number of amides is 2. The Bertz CT molecular complexity index is 292. The molecule has 1 saturated heterocycles. The summed E-state index contributed by atoms with van der Waals surface area (Å²) in [7, 11) is 3.44. The molecule has 0 aromatic rings. The summed E-state index contributed by atoms with van der Waals surface area (Å²) in [5.74, 6) is 0.0719. The molecule has 1 atom stereocenters. The van der Waals surface area contributed by atoms with Gasteiger partial charge in [-0.1, -0.05) is 6.92 Å². The molecule has 0 aromatic heterocycles. The summed E-state index contributed by atoms with van der Waals surface area (Å²) < 4.78 is 0. The smallest absolute Gasteiger partial charge is 0.241 e. The Kier molecular flexibility index (Phi) is 8.76. The summed E-state index contributed by atoms with van der Waals surface area (Å²) in [6, 6.07) is 0.298. The lowest BCUT2D eigenvalue weighted by molar-refractivity contribution is -0.139. The first kappa shape index (κ1) is 18.2. The standard InChI is InChI=1S/C13H25N3O2.ClH/c1-4-8-16(10-13(18)15(2)3)12(17)9-11-6-5-7-14-11;/h11,14H,4-10H2,1-3H3;1H. The highest BCUT2D eigenvalue weighted by Crippen LogP contribution is 2.10. The molecular weight excluding hydrogens is 266 g/mol. The topological polar surface area (TPSA) is 52.7 Å². The van der Waals surface area contributed by atoms with Gasteiger partial charge in [-0.15, -0.1) is 12.4 Å². The van der Waals surface area contributed by atoms with Crippen LogP contribution in [-0.4, -0.2) is 61.4 Å². The fourth-order valence-electron chi connectivity index (χ4n) is 2.14. The van der Waals surface area contributed by atoms with Gasteiger partial charge in [0.15, 0.2) is 0 Å². The maximum atomic E-state index is 12.2. The number of nitrogens with zero attached hydrogens (tertiary/aromatic N) is 2. The fraction of sp³-hybridized carbons (Fsp3) is 0.846. The summed E-state index contributed by atoms with van der Waals surface area (Å²) in [4.78, 5) is 27.1. The molecule has 0 bridgehead atoms. The van der Waals surface area contributed by atoms with Crippen molar-refractivity contribution in [3.05, 3.63) is 0 Å². The van der Waals surface area contributed by atoms with Crippen LogP contribution in [0.3, 0.4) is 0 Å². The van der Waals surface area contributed by atoms with Crippen LogP contribution < -0.4 is 5.32 Å². The van der Waals surface area contributed by atoms with Gasteiger partial charge >= 0.3 is 0 Å². The summed E-state index contributed by atoms with van der Waals surface area (Å²) in [6.07, 6.45) is 3.60. The van der Waals surface area contributed by atoms with Crippen molar-refractivity contribution in [2.45, 2.75) is 38.6 Å². The second-order valence-corrected chi connectivity index (χ2v) is 5.10. The highest BCUT2D eigenvalue weighted by molar-refractivity contribution is 5.85. The molecule has 1 unspecified atom stereocenters. The average Bonchev–Trinajstić information content (AvgIpc) is 2.80. The van der Waals surface area contributed by atoms with Crippen LogP contribution in [0.15, 0.2) is 0 Å². The summed E-state index contributed by atoms with van der Waals surface area (Å²) >= 11 is 0. The van der Waals surface area contributed by atoms with E-state index in [0.717, 1.165) is 25.8 Å². The zero-order valence-corrected chi connectivity index (χ0v) is 13.0. The Labute approximate surface area is 122 Å². The summed E-state index contributed by atoms with van der Waals surface area (Å²) in [6.45, 7) is 3.88. The molecule has 2 amide bonds. The monoisotopic (exact) mass is 291 g/mol. The molecule has 1 fully saturated rings. The zero-order chi connectivity index (χ0) is 13.5. The number of rotatable bonds is 6. The van der Waals surface area contributed by atoms with Crippen LogP contribution in [0.2, 0.25) is 0 Å². The van der Waals surface area contributed by atoms with Crippen molar-refractivity contribution in [2.24, 2.45) is 0 Å². The number of likely N-dealkylation sites (N-methyl/N-ethyl adjacent to an activating group) is 1. The average molecular weight is 292 g/mol. The van der Waals surface area contributed by atoms with Crippen molar-refractivity contribution in [3.63, 3.8) is 0 Å². The SMILES string of the molecule is CCCN(CC(=O)N(C)C)C(=O)CC1CCCN1.Cl. The molecule has 1 rings (SSSR count). The van der Waals surface area contributed by atoms with Gasteiger partial charge in [0.1, 0.15) is 0 Å². The Morgan fingerprint density at radius 2 is 1.95 bits per heavy atom. The fourth-order valence-corrected chi connectivity index (χ4v) is 2.14. The van der Waals surface area contributed by atoms with Gasteiger partial charge in [0.25, 0.3) is 0 Å². The van der Waals surface area contributed by atoms with Crippen LogP contribution in [0.4, 0.5) is 0 Å². The summed E-state index contributed by atoms with van der Waals surface area (Å²) in [5.41, 5.74) is 0. The number of hydrogen-bond donors (Lipinski definition) is 1. The lowest BCUT2D eigenvalue weighted by Crippen LogP contribution is -2.42. The minimum atomic E-state index is -0.0174. The first-order valence-corrected chi connectivity index (χ1v) is 6.76. The third-order valence-electron chi connectivity index (χ3n) is 3.25. The van der Waals surface area contributed by atoms with Crippen LogP contribution in [0.1, 0.15) is 32.6 Å². The van der Waals surface area contributed by atoms with Crippen LogP contribution in [0, 0.1) is 0 Å². The highest BCUT2D eigenvalue weighted by atomic mass is 35.5. The van der Waals surface area contributed by atoms with Gasteiger partial charge in [0.2, 0.25) is 11.8 Å². The largest absolute Gasteiger partial charge is 0.347 e. The third kappa shape index (κ3) is 6.25. The zero-order valence-electron chi connectivity index (χ0n) is 12.1. The number of hydrogen-bond acceptors (Lipinski definition) is 3. The van der Waals surface area contributed by atoms with E-state index in [9.17, 15) is 9.59 Å². The van der Waals surface area contributed by atoms with Crippen molar-refractivity contribution < 1.29 is 9.59 Å². The predicted molar refractivity (Wildman–Crippen MR) is 78.5 cm³/mol. The van der Waals surface area contributed by atoms with E-state index < -0.39 is 0 Å². The van der Waals surface area contributed by atoms with Crippen molar-refractivity contribution in [1.82, 2.24) is 15.1 Å². The van der Waals surface area contributed by atoms with Crippen LogP contribution in [0.5, 0.6) is 0 Å². The van der Waals surface area contributed by atoms with Gasteiger partial charge < -0.3 is 15.1 Å². The second-order valence-electron chi connectivity index (χ2n) is 5.10. The van der Waals surface area contributed by atoms with Crippen molar-refractivity contribution in [3.8, 4) is 0 Å². The lowest BCUT2D eigenvalue weighted by atomic mass is 10.1. The molecule has 1 heterocycles. The summed E-state index contributed by atoms with van der Waals surface area (Å²) in [5, 5.41) is 3.32. The minimum Gasteiger partial charge on any atom is -0.347 e. The van der Waals surface area contributed by atoms with E-state index in [2.05, 4.69) is 5.32 Å². The van der Waals surface area contributed by atoms with Gasteiger partial charge in [0.05, 0.1) is 6.54 Å². The third-order valence-corrected chi connectivity index (χ3v) is 3.25. The Morgan fingerprint density at radius 1 is 1.26 bits per heavy atom. The lowest BCUT2D eigenvalue weighted by Gasteiger charge is -2.24. The van der Waals surface area contributed by atoms with E-state index in [-0.39, 0.29) is 30.8 Å². The molecule has 0 radical (unpaired) electrons. The first-order valence-electron chi connectivity index (χ1n) is 6.76. The molecular formula is C13H26ClN3O2. The Hall–Kier alpha value is -0.810. The Morgan fingerprint density at radius 3 is 2.42 bits per heavy atom. The van der Waals surface area contributed by atoms with E-state index in [1.165, 1.54) is 4.90 Å². The maximum Gasteiger partial charge on any atom is 0.241 e. The number of nitrogens with one attached hydrogen (secondary N) is 1. The van der Waals surface area contributed by atoms with Gasteiger partial charge in [-0.2, -0.15) is 0 Å². The van der Waals surface area contributed by atoms with Crippen LogP contribution >= 0.6 is 12.4 Å². The molecule has 19 heavy (non-hydrogen) atoms. The molecule has 1 aliphatic rings. The van der Waals surface area contributed by atoms with E-state index >= 15 is 0 Å². The van der Waals surface area contributed by atoms with Gasteiger partial charge in [-0.3, -0.25) is 9.59 Å². The molecule has 0 spiro atoms. The highest BCUT2D eigenvalue weighted by Gasteiger charge is 2.23. The quantitative estimate of drug-likeness (QED) is 0.790. The van der Waals surface area contributed by atoms with Crippen molar-refractivity contribution in [2.75, 3.05) is 33.7 Å². The molecule has 5 nitrogen and oxygen atoms in total. The molecule has 112 valence electrons. The van der Waals surface area contributed by atoms with Crippen molar-refractivity contribution in [1.29, 1.82) is 0 Å². The van der Waals surface area contributed by atoms with Gasteiger partial charge in [-0.25, -0.2) is 0 Å². The molecule has 6 heteroatoms. The predicted octanol–water partition coefficient (Wildman–Crippen LogP) is 0.877. The van der Waals surface area contributed by atoms with E-state index in [4.69, 9.17) is 0 Å². The molecule has 0 aliphatic carbocycles. The van der Waals surface area contributed by atoms with E-state index in [1.54, 1.807) is 19.0 Å². The maximum absolute atomic E-state index is 12.2. The number of halogens is 1. The van der Waals surface area contributed by atoms with Gasteiger partial charge in [-0.05, 0) is 25.8 Å².